The molecule has 2 aromatic carbocycles. The van der Waals surface area contributed by atoms with Crippen molar-refractivity contribution in [3.05, 3.63) is 59.9 Å². The van der Waals surface area contributed by atoms with E-state index in [4.69, 9.17) is 17.0 Å². The van der Waals surface area contributed by atoms with Crippen LogP contribution < -0.4 is 15.4 Å². The van der Waals surface area contributed by atoms with Crippen LogP contribution in [0.1, 0.15) is 24.9 Å². The van der Waals surface area contributed by atoms with Gasteiger partial charge in [0.25, 0.3) is 0 Å². The van der Waals surface area contributed by atoms with E-state index in [-0.39, 0.29) is 11.9 Å². The Balaban J connectivity index is 2.03. The molecule has 0 heterocycles. The second-order valence-corrected chi connectivity index (χ2v) is 5.22. The third-order valence-corrected chi connectivity index (χ3v) is 3.57. The van der Waals surface area contributed by atoms with Gasteiger partial charge in [-0.1, -0.05) is 31.2 Å². The number of para-hydroxylation sites is 1. The highest BCUT2D eigenvalue weighted by Gasteiger charge is 2.11. The summed E-state index contributed by atoms with van der Waals surface area (Å²) < 4.78 is 18.8. The maximum atomic E-state index is 13.6. The molecule has 1 atom stereocenters. The standard InChI is InChI=1S/C17H19FN2OS/c1-3-15(12-8-10-13(21-2)11-9-12)19-17(22)20-16-7-5-4-6-14(16)18/h4-11,15H,3H2,1-2H3,(H2,19,20,22)/t15-/m0/s1. The largest absolute Gasteiger partial charge is 0.497 e. The number of thiocarbonyl (C=S) groups is 1. The summed E-state index contributed by atoms with van der Waals surface area (Å²) in [6.45, 7) is 2.06. The highest BCUT2D eigenvalue weighted by Crippen LogP contribution is 2.20. The molecular weight excluding hydrogens is 299 g/mol. The van der Waals surface area contributed by atoms with Crippen molar-refractivity contribution in [3.63, 3.8) is 0 Å². The van der Waals surface area contributed by atoms with Gasteiger partial charge in [-0.25, -0.2) is 4.39 Å². The van der Waals surface area contributed by atoms with Gasteiger partial charge in [-0.15, -0.1) is 0 Å². The SMILES string of the molecule is CC[C@H](NC(=S)Nc1ccccc1F)c1ccc(OC)cc1. The summed E-state index contributed by atoms with van der Waals surface area (Å²) in [6.07, 6.45) is 0.853. The molecule has 0 spiro atoms. The van der Waals surface area contributed by atoms with Crippen molar-refractivity contribution in [2.24, 2.45) is 0 Å². The average Bonchev–Trinajstić information content (AvgIpc) is 2.55. The van der Waals surface area contributed by atoms with Crippen molar-refractivity contribution in [2.75, 3.05) is 12.4 Å². The first-order valence-corrected chi connectivity index (χ1v) is 7.51. The third-order valence-electron chi connectivity index (χ3n) is 3.35. The molecule has 3 nitrogen and oxygen atoms in total. The summed E-state index contributed by atoms with van der Waals surface area (Å²) in [5, 5.41) is 6.49. The summed E-state index contributed by atoms with van der Waals surface area (Å²) in [5.41, 5.74) is 1.46. The molecule has 2 rings (SSSR count). The molecule has 116 valence electrons. The molecule has 22 heavy (non-hydrogen) atoms. The normalized spacial score (nSPS) is 11.6. The summed E-state index contributed by atoms with van der Waals surface area (Å²) in [5.74, 6) is 0.481. The molecule has 5 heteroatoms. The molecule has 2 N–H and O–H groups in total. The number of hydrogen-bond acceptors (Lipinski definition) is 2. The van der Waals surface area contributed by atoms with Crippen LogP contribution in [0.3, 0.4) is 0 Å². The average molecular weight is 318 g/mol. The van der Waals surface area contributed by atoms with Crippen molar-refractivity contribution in [2.45, 2.75) is 19.4 Å². The molecule has 0 bridgehead atoms. The molecule has 0 saturated carbocycles. The van der Waals surface area contributed by atoms with Crippen molar-refractivity contribution in [1.82, 2.24) is 5.32 Å². The Morgan fingerprint density at radius 1 is 1.18 bits per heavy atom. The van der Waals surface area contributed by atoms with E-state index in [0.717, 1.165) is 17.7 Å². The van der Waals surface area contributed by atoms with E-state index in [1.54, 1.807) is 25.3 Å². The first-order chi connectivity index (χ1) is 10.6. The molecule has 0 aliphatic heterocycles. The number of hydrogen-bond donors (Lipinski definition) is 2. The van der Waals surface area contributed by atoms with Gasteiger partial charge in [-0.05, 0) is 48.5 Å². The van der Waals surface area contributed by atoms with Gasteiger partial charge in [0.2, 0.25) is 0 Å². The highest BCUT2D eigenvalue weighted by atomic mass is 32.1. The van der Waals surface area contributed by atoms with Gasteiger partial charge < -0.3 is 15.4 Å². The molecule has 0 fully saturated rings. The van der Waals surface area contributed by atoms with Crippen LogP contribution in [0.2, 0.25) is 0 Å². The van der Waals surface area contributed by atoms with Gasteiger partial charge in [0.05, 0.1) is 18.8 Å². The van der Waals surface area contributed by atoms with E-state index in [1.807, 2.05) is 24.3 Å². The van der Waals surface area contributed by atoms with Crippen LogP contribution in [0.4, 0.5) is 10.1 Å². The fraction of sp³-hybridized carbons (Fsp3) is 0.235. The number of rotatable bonds is 5. The number of nitrogens with one attached hydrogen (secondary N) is 2. The Kier molecular flexibility index (Phi) is 5.72. The molecule has 2 aromatic rings. The van der Waals surface area contributed by atoms with E-state index in [0.29, 0.717) is 10.8 Å². The van der Waals surface area contributed by atoms with Crippen LogP contribution in [0.15, 0.2) is 48.5 Å². The minimum atomic E-state index is -0.329. The molecule has 0 aliphatic rings. The Hall–Kier alpha value is -2.14. The van der Waals surface area contributed by atoms with Gasteiger partial charge in [0.15, 0.2) is 5.11 Å². The zero-order chi connectivity index (χ0) is 15.9. The van der Waals surface area contributed by atoms with Crippen LogP contribution in [0, 0.1) is 5.82 Å². The number of halogens is 1. The van der Waals surface area contributed by atoms with Gasteiger partial charge in [-0.3, -0.25) is 0 Å². The predicted molar refractivity (Wildman–Crippen MR) is 91.8 cm³/mol. The molecule has 0 unspecified atom stereocenters. The van der Waals surface area contributed by atoms with Crippen LogP contribution in [-0.4, -0.2) is 12.2 Å². The first kappa shape index (κ1) is 16.2. The Morgan fingerprint density at radius 2 is 1.86 bits per heavy atom. The second-order valence-electron chi connectivity index (χ2n) is 4.81. The zero-order valence-corrected chi connectivity index (χ0v) is 13.4. The number of methoxy groups -OCH3 is 1. The molecule has 0 saturated heterocycles. The van der Waals surface area contributed by atoms with Crippen molar-refractivity contribution in [3.8, 4) is 5.75 Å². The maximum absolute atomic E-state index is 13.6. The Labute approximate surface area is 135 Å². The summed E-state index contributed by atoms with van der Waals surface area (Å²) in [7, 11) is 1.64. The predicted octanol–water partition coefficient (Wildman–Crippen LogP) is 4.27. The van der Waals surface area contributed by atoms with Gasteiger partial charge in [-0.2, -0.15) is 0 Å². The van der Waals surface area contributed by atoms with E-state index in [1.165, 1.54) is 6.07 Å². The van der Waals surface area contributed by atoms with Crippen molar-refractivity contribution in [1.29, 1.82) is 0 Å². The lowest BCUT2D eigenvalue weighted by Gasteiger charge is -2.20. The van der Waals surface area contributed by atoms with Gasteiger partial charge in [0, 0.05) is 0 Å². The fourth-order valence-electron chi connectivity index (χ4n) is 2.14. The van der Waals surface area contributed by atoms with E-state index in [9.17, 15) is 4.39 Å². The number of anilines is 1. The monoisotopic (exact) mass is 318 g/mol. The van der Waals surface area contributed by atoms with Crippen molar-refractivity contribution < 1.29 is 9.13 Å². The molecule has 0 aromatic heterocycles. The fourth-order valence-corrected chi connectivity index (χ4v) is 2.39. The maximum Gasteiger partial charge on any atom is 0.171 e. The lowest BCUT2D eigenvalue weighted by molar-refractivity contribution is 0.414. The van der Waals surface area contributed by atoms with Crippen molar-refractivity contribution >= 4 is 23.0 Å². The number of benzene rings is 2. The van der Waals surface area contributed by atoms with E-state index in [2.05, 4.69) is 17.6 Å². The van der Waals surface area contributed by atoms with E-state index < -0.39 is 0 Å². The smallest absolute Gasteiger partial charge is 0.171 e. The lowest BCUT2D eigenvalue weighted by Crippen LogP contribution is -2.32. The van der Waals surface area contributed by atoms with Crippen LogP contribution in [0.5, 0.6) is 5.75 Å². The van der Waals surface area contributed by atoms with Crippen LogP contribution in [0.25, 0.3) is 0 Å². The molecular formula is C17H19FN2OS. The zero-order valence-electron chi connectivity index (χ0n) is 12.6. The molecule has 0 amide bonds. The quantitative estimate of drug-likeness (QED) is 0.807. The second kappa shape index (κ2) is 7.75. The van der Waals surface area contributed by atoms with Crippen LogP contribution >= 0.6 is 12.2 Å². The Morgan fingerprint density at radius 3 is 2.45 bits per heavy atom. The summed E-state index contributed by atoms with van der Waals surface area (Å²) in [6, 6.07) is 14.3. The first-order valence-electron chi connectivity index (χ1n) is 7.10. The Bertz CT molecular complexity index is 631. The summed E-state index contributed by atoms with van der Waals surface area (Å²) in [4.78, 5) is 0. The minimum Gasteiger partial charge on any atom is -0.497 e. The topological polar surface area (TPSA) is 33.3 Å². The third kappa shape index (κ3) is 4.18. The highest BCUT2D eigenvalue weighted by molar-refractivity contribution is 7.80. The lowest BCUT2D eigenvalue weighted by atomic mass is 10.0. The van der Waals surface area contributed by atoms with E-state index >= 15 is 0 Å². The molecule has 0 radical (unpaired) electrons. The van der Waals surface area contributed by atoms with Gasteiger partial charge >= 0.3 is 0 Å². The van der Waals surface area contributed by atoms with Gasteiger partial charge in [0.1, 0.15) is 11.6 Å². The molecule has 0 aliphatic carbocycles. The minimum absolute atomic E-state index is 0.0534. The van der Waals surface area contributed by atoms with Crippen LogP contribution in [-0.2, 0) is 0 Å². The number of ether oxygens (including phenoxy) is 1. The summed E-state index contributed by atoms with van der Waals surface area (Å²) >= 11 is 5.27.